The van der Waals surface area contributed by atoms with Crippen LogP contribution in [0.2, 0.25) is 0 Å². The van der Waals surface area contributed by atoms with Gasteiger partial charge in [0, 0.05) is 36.2 Å². The van der Waals surface area contributed by atoms with Crippen LogP contribution in [0, 0.1) is 34.5 Å². The van der Waals surface area contributed by atoms with Crippen LogP contribution in [0.1, 0.15) is 71.5 Å². The SMILES string of the molecule is CC1=C2N(C)C(=O)CC[C@]2(C)[C@H]2CC[C@]3(C)C(C(=O)NCc4nc5ccccc5n4-c4ccccc4)CC[C@H]3[C@@H]2C1. The Morgan fingerprint density at radius 2 is 1.76 bits per heavy atom. The number of aromatic nitrogens is 2. The van der Waals surface area contributed by atoms with E-state index in [4.69, 9.17) is 4.98 Å². The maximum Gasteiger partial charge on any atom is 0.226 e. The normalized spacial score (nSPS) is 33.0. The molecule has 214 valence electrons. The summed E-state index contributed by atoms with van der Waals surface area (Å²) in [5.74, 6) is 3.04. The molecule has 6 atom stereocenters. The monoisotopic (exact) mass is 550 g/mol. The summed E-state index contributed by atoms with van der Waals surface area (Å²) in [7, 11) is 1.98. The standard InChI is InChI=1S/C35H42N4O2/c1-22-20-24-25-14-15-27(34(25,2)18-16-26(24)35(3)19-17-31(40)38(4)32(22)35)33(41)36-21-30-37-28-12-8-9-13-29(28)39(30)23-10-6-5-7-11-23/h5-13,24-27H,14-21H2,1-4H3,(H,36,41)/t24-,25-,26-,27?,34-,35+/m0/s1. The number of fused-ring (bicyclic) bond motifs is 6. The number of carbonyl (C=O) groups excluding carboxylic acids is 2. The van der Waals surface area contributed by atoms with Crippen molar-refractivity contribution in [3.63, 3.8) is 0 Å². The number of nitrogens with zero attached hydrogens (tertiary/aromatic N) is 3. The van der Waals surface area contributed by atoms with Gasteiger partial charge in [0.05, 0.1) is 17.6 Å². The van der Waals surface area contributed by atoms with Crippen LogP contribution >= 0.6 is 0 Å². The molecule has 2 heterocycles. The second-order valence-corrected chi connectivity index (χ2v) is 13.7. The van der Waals surface area contributed by atoms with Gasteiger partial charge in [0.2, 0.25) is 11.8 Å². The van der Waals surface area contributed by atoms with Gasteiger partial charge in [-0.25, -0.2) is 4.98 Å². The van der Waals surface area contributed by atoms with E-state index in [9.17, 15) is 9.59 Å². The largest absolute Gasteiger partial charge is 0.349 e. The summed E-state index contributed by atoms with van der Waals surface area (Å²) in [6, 6.07) is 18.5. The third kappa shape index (κ3) is 3.93. The van der Waals surface area contributed by atoms with E-state index >= 15 is 0 Å². The van der Waals surface area contributed by atoms with E-state index < -0.39 is 0 Å². The Hall–Kier alpha value is -3.41. The lowest BCUT2D eigenvalue weighted by Crippen LogP contribution is -2.55. The third-order valence-electron chi connectivity index (χ3n) is 11.7. The number of nitrogens with one attached hydrogen (secondary N) is 1. The van der Waals surface area contributed by atoms with Crippen LogP contribution in [0.5, 0.6) is 0 Å². The molecule has 0 radical (unpaired) electrons. The fourth-order valence-corrected chi connectivity index (χ4v) is 9.89. The lowest BCUT2D eigenvalue weighted by molar-refractivity contribution is -0.138. The van der Waals surface area contributed by atoms with Gasteiger partial charge >= 0.3 is 0 Å². The van der Waals surface area contributed by atoms with Crippen LogP contribution in [-0.2, 0) is 16.1 Å². The highest BCUT2D eigenvalue weighted by Gasteiger charge is 2.61. The first-order valence-electron chi connectivity index (χ1n) is 15.5. The average Bonchev–Trinajstić information content (AvgIpc) is 3.52. The molecule has 3 aromatic rings. The summed E-state index contributed by atoms with van der Waals surface area (Å²) in [5, 5.41) is 3.34. The van der Waals surface area contributed by atoms with E-state index in [1.807, 2.05) is 48.3 Å². The Bertz CT molecular complexity index is 1560. The van der Waals surface area contributed by atoms with Crippen molar-refractivity contribution in [1.82, 2.24) is 19.8 Å². The van der Waals surface area contributed by atoms with Gasteiger partial charge in [-0.15, -0.1) is 0 Å². The maximum atomic E-state index is 13.9. The van der Waals surface area contributed by atoms with E-state index in [0.29, 0.717) is 30.7 Å². The number of hydrogen-bond acceptors (Lipinski definition) is 3. The summed E-state index contributed by atoms with van der Waals surface area (Å²) in [4.78, 5) is 33.4. The smallest absolute Gasteiger partial charge is 0.226 e. The number of amides is 2. The zero-order valence-corrected chi connectivity index (χ0v) is 24.8. The van der Waals surface area contributed by atoms with Crippen molar-refractivity contribution in [2.45, 2.75) is 72.3 Å². The van der Waals surface area contributed by atoms with Crippen molar-refractivity contribution in [3.8, 4) is 5.69 Å². The van der Waals surface area contributed by atoms with Crippen molar-refractivity contribution in [2.24, 2.45) is 34.5 Å². The predicted octanol–water partition coefficient (Wildman–Crippen LogP) is 6.64. The molecule has 2 saturated carbocycles. The number of benzene rings is 2. The molecule has 2 amide bonds. The highest BCUT2D eigenvalue weighted by Crippen LogP contribution is 2.66. The van der Waals surface area contributed by atoms with Crippen LogP contribution < -0.4 is 5.32 Å². The third-order valence-corrected chi connectivity index (χ3v) is 11.7. The maximum absolute atomic E-state index is 13.9. The lowest BCUT2D eigenvalue weighted by Gasteiger charge is -2.59. The zero-order chi connectivity index (χ0) is 28.5. The number of allylic oxidation sites excluding steroid dienone is 2. The van der Waals surface area contributed by atoms with Crippen LogP contribution in [0.25, 0.3) is 16.7 Å². The molecule has 1 N–H and O–H groups in total. The van der Waals surface area contributed by atoms with Gasteiger partial charge in [-0.3, -0.25) is 14.2 Å². The number of carbonyl (C=O) groups is 2. The molecule has 1 aliphatic heterocycles. The molecule has 1 saturated heterocycles. The quantitative estimate of drug-likeness (QED) is 0.396. The molecule has 3 fully saturated rings. The molecule has 2 aromatic carbocycles. The number of imidazole rings is 1. The molecule has 3 aliphatic carbocycles. The summed E-state index contributed by atoms with van der Waals surface area (Å²) in [6.45, 7) is 7.49. The van der Waals surface area contributed by atoms with Crippen molar-refractivity contribution < 1.29 is 9.59 Å². The van der Waals surface area contributed by atoms with Gasteiger partial charge in [0.1, 0.15) is 5.82 Å². The Labute approximate surface area is 243 Å². The molecular formula is C35H42N4O2. The first-order chi connectivity index (χ1) is 19.7. The Morgan fingerprint density at radius 1 is 1.00 bits per heavy atom. The molecule has 0 spiro atoms. The Kier molecular flexibility index (Phi) is 6.18. The summed E-state index contributed by atoms with van der Waals surface area (Å²) in [5.41, 5.74) is 5.81. The number of para-hydroxylation sites is 3. The molecule has 0 bridgehead atoms. The molecule has 6 heteroatoms. The van der Waals surface area contributed by atoms with Crippen LogP contribution in [-0.4, -0.2) is 33.3 Å². The van der Waals surface area contributed by atoms with E-state index in [1.165, 1.54) is 11.3 Å². The summed E-state index contributed by atoms with van der Waals surface area (Å²) in [6.07, 6.45) is 6.96. The molecule has 41 heavy (non-hydrogen) atoms. The fraction of sp³-hybridized carbons (Fsp3) is 0.514. The first kappa shape index (κ1) is 26.5. The first-order valence-corrected chi connectivity index (χ1v) is 15.5. The highest BCUT2D eigenvalue weighted by molar-refractivity contribution is 5.81. The molecule has 7 rings (SSSR count). The number of rotatable bonds is 4. The van der Waals surface area contributed by atoms with Gasteiger partial charge in [0.15, 0.2) is 0 Å². The summed E-state index contributed by atoms with van der Waals surface area (Å²) >= 11 is 0. The summed E-state index contributed by atoms with van der Waals surface area (Å²) < 4.78 is 2.17. The van der Waals surface area contributed by atoms with Gasteiger partial charge in [0.25, 0.3) is 0 Å². The molecule has 4 aliphatic rings. The van der Waals surface area contributed by atoms with Crippen molar-refractivity contribution >= 4 is 22.8 Å². The number of piperidine rings is 1. The van der Waals surface area contributed by atoms with Gasteiger partial charge < -0.3 is 10.2 Å². The zero-order valence-electron chi connectivity index (χ0n) is 24.8. The number of likely N-dealkylation sites (tertiary alicyclic amines) is 1. The minimum atomic E-state index is 0.00927. The van der Waals surface area contributed by atoms with Crippen LogP contribution in [0.15, 0.2) is 65.9 Å². The topological polar surface area (TPSA) is 67.2 Å². The minimum Gasteiger partial charge on any atom is -0.349 e. The van der Waals surface area contributed by atoms with Crippen molar-refractivity contribution in [2.75, 3.05) is 7.05 Å². The minimum absolute atomic E-state index is 0.00927. The van der Waals surface area contributed by atoms with Gasteiger partial charge in [-0.1, -0.05) is 49.8 Å². The molecule has 1 aromatic heterocycles. The Morgan fingerprint density at radius 3 is 2.56 bits per heavy atom. The van der Waals surface area contributed by atoms with E-state index in [0.717, 1.165) is 61.1 Å². The van der Waals surface area contributed by atoms with E-state index in [1.54, 1.807) is 0 Å². The Balaban J connectivity index is 1.13. The van der Waals surface area contributed by atoms with Gasteiger partial charge in [-0.05, 0) is 92.9 Å². The molecule has 1 unspecified atom stereocenters. The second kappa shape index (κ2) is 9.57. The predicted molar refractivity (Wildman–Crippen MR) is 161 cm³/mol. The molecule has 6 nitrogen and oxygen atoms in total. The van der Waals surface area contributed by atoms with Crippen molar-refractivity contribution in [1.29, 1.82) is 0 Å². The van der Waals surface area contributed by atoms with Crippen molar-refractivity contribution in [3.05, 3.63) is 71.7 Å². The van der Waals surface area contributed by atoms with Crippen LogP contribution in [0.4, 0.5) is 0 Å². The number of hydrogen-bond donors (Lipinski definition) is 1. The van der Waals surface area contributed by atoms with E-state index in [2.05, 4.69) is 48.9 Å². The average molecular weight is 551 g/mol. The lowest BCUT2D eigenvalue weighted by atomic mass is 9.48. The van der Waals surface area contributed by atoms with Crippen LogP contribution in [0.3, 0.4) is 0 Å². The second-order valence-electron chi connectivity index (χ2n) is 13.7. The van der Waals surface area contributed by atoms with E-state index in [-0.39, 0.29) is 28.6 Å². The highest BCUT2D eigenvalue weighted by atomic mass is 16.2. The van der Waals surface area contributed by atoms with Gasteiger partial charge in [-0.2, -0.15) is 0 Å². The molecular weight excluding hydrogens is 508 g/mol. The fourth-order valence-electron chi connectivity index (χ4n) is 9.89.